The van der Waals surface area contributed by atoms with Crippen LogP contribution >= 0.6 is 0 Å². The molecule has 27 heavy (non-hydrogen) atoms. The van der Waals surface area contributed by atoms with Gasteiger partial charge in [-0.2, -0.15) is 5.10 Å². The third-order valence-electron chi connectivity index (χ3n) is 4.55. The second-order valence-electron chi connectivity index (χ2n) is 6.49. The molecule has 0 aliphatic rings. The lowest BCUT2D eigenvalue weighted by atomic mass is 10.1. The maximum atomic E-state index is 12.9. The predicted molar refractivity (Wildman–Crippen MR) is 103 cm³/mol. The van der Waals surface area contributed by atoms with E-state index in [1.807, 2.05) is 55.5 Å². The first-order valence-corrected chi connectivity index (χ1v) is 8.64. The van der Waals surface area contributed by atoms with Gasteiger partial charge in [0.05, 0.1) is 19.0 Å². The Morgan fingerprint density at radius 2 is 1.89 bits per heavy atom. The summed E-state index contributed by atoms with van der Waals surface area (Å²) < 4.78 is 12.1. The molecule has 0 aliphatic heterocycles. The van der Waals surface area contributed by atoms with Gasteiger partial charge in [-0.25, -0.2) is 4.68 Å². The number of aromatic nitrogens is 3. The first-order valence-electron chi connectivity index (χ1n) is 8.64. The average Bonchev–Trinajstić information content (AvgIpc) is 3.08. The molecule has 0 bridgehead atoms. The molecule has 0 radical (unpaired) electrons. The molecule has 6 heteroatoms. The summed E-state index contributed by atoms with van der Waals surface area (Å²) in [5.41, 5.74) is 3.66. The Balaban J connectivity index is 1.92. The Morgan fingerprint density at radius 3 is 2.63 bits per heavy atom. The molecular weight excluding hydrogens is 342 g/mol. The number of aryl methyl sites for hydroxylation is 2. The summed E-state index contributed by atoms with van der Waals surface area (Å²) in [5, 5.41) is 9.26. The average molecular weight is 361 g/mol. The fraction of sp³-hybridized carbons (Fsp3) is 0.190. The number of hydrogen-bond acceptors (Lipinski definition) is 5. The van der Waals surface area contributed by atoms with Crippen LogP contribution in [-0.4, -0.2) is 22.0 Å². The van der Waals surface area contributed by atoms with E-state index in [0.29, 0.717) is 29.1 Å². The highest BCUT2D eigenvalue weighted by Gasteiger charge is 2.19. The van der Waals surface area contributed by atoms with Gasteiger partial charge in [0.25, 0.3) is 5.56 Å². The molecule has 0 atom stereocenters. The summed E-state index contributed by atoms with van der Waals surface area (Å²) in [4.78, 5) is 12.9. The van der Waals surface area contributed by atoms with Crippen molar-refractivity contribution in [2.45, 2.75) is 20.4 Å². The van der Waals surface area contributed by atoms with Crippen LogP contribution in [0.2, 0.25) is 0 Å². The largest absolute Gasteiger partial charge is 0.497 e. The first-order chi connectivity index (χ1) is 13.1. The molecule has 4 rings (SSSR count). The van der Waals surface area contributed by atoms with Crippen molar-refractivity contribution < 1.29 is 9.26 Å². The normalized spacial score (nSPS) is 11.1. The number of benzene rings is 2. The molecule has 136 valence electrons. The Kier molecular flexibility index (Phi) is 4.24. The number of rotatable bonds is 4. The van der Waals surface area contributed by atoms with E-state index in [4.69, 9.17) is 9.26 Å². The van der Waals surface area contributed by atoms with E-state index in [1.54, 1.807) is 14.0 Å². The summed E-state index contributed by atoms with van der Waals surface area (Å²) in [6, 6.07) is 15.6. The van der Waals surface area contributed by atoms with Crippen LogP contribution in [0.4, 0.5) is 0 Å². The smallest absolute Gasteiger partial charge is 0.297 e. The molecule has 0 unspecified atom stereocenters. The molecule has 0 N–H and O–H groups in total. The van der Waals surface area contributed by atoms with Gasteiger partial charge in [-0.05, 0) is 31.5 Å². The van der Waals surface area contributed by atoms with Crippen LogP contribution < -0.4 is 10.3 Å². The van der Waals surface area contributed by atoms with Crippen LogP contribution in [0.5, 0.6) is 5.75 Å². The third-order valence-corrected chi connectivity index (χ3v) is 4.55. The fourth-order valence-corrected chi connectivity index (χ4v) is 3.08. The molecule has 0 saturated heterocycles. The molecule has 2 heterocycles. The van der Waals surface area contributed by atoms with Gasteiger partial charge in [-0.15, -0.1) is 0 Å². The van der Waals surface area contributed by atoms with Crippen LogP contribution in [0.15, 0.2) is 57.8 Å². The number of nitrogens with zero attached hydrogens (tertiary/aromatic N) is 3. The molecule has 0 spiro atoms. The van der Waals surface area contributed by atoms with Gasteiger partial charge < -0.3 is 9.26 Å². The molecular formula is C21H19N3O3. The van der Waals surface area contributed by atoms with Gasteiger partial charge in [0.2, 0.25) is 0 Å². The molecule has 0 aliphatic carbocycles. The Morgan fingerprint density at radius 1 is 1.11 bits per heavy atom. The van der Waals surface area contributed by atoms with Gasteiger partial charge in [0.15, 0.2) is 5.52 Å². The van der Waals surface area contributed by atoms with Gasteiger partial charge in [0.1, 0.15) is 17.2 Å². The van der Waals surface area contributed by atoms with Crippen LogP contribution in [-0.2, 0) is 6.54 Å². The quantitative estimate of drug-likeness (QED) is 0.554. The van der Waals surface area contributed by atoms with Crippen molar-refractivity contribution in [2.24, 2.45) is 0 Å². The first kappa shape index (κ1) is 17.0. The van der Waals surface area contributed by atoms with Gasteiger partial charge in [-0.1, -0.05) is 47.1 Å². The number of methoxy groups -OCH3 is 1. The van der Waals surface area contributed by atoms with E-state index in [9.17, 15) is 4.79 Å². The zero-order valence-corrected chi connectivity index (χ0v) is 15.4. The highest BCUT2D eigenvalue weighted by Crippen LogP contribution is 2.29. The maximum Gasteiger partial charge on any atom is 0.297 e. The summed E-state index contributed by atoms with van der Waals surface area (Å²) in [6.45, 7) is 4.17. The molecule has 4 aromatic rings. The van der Waals surface area contributed by atoms with Crippen molar-refractivity contribution in [3.05, 3.63) is 75.8 Å². The summed E-state index contributed by atoms with van der Waals surface area (Å²) in [7, 11) is 1.62. The predicted octanol–water partition coefficient (Wildman–Crippen LogP) is 3.73. The van der Waals surface area contributed by atoms with Crippen LogP contribution in [0, 0.1) is 13.8 Å². The molecule has 2 aromatic carbocycles. The number of ether oxygens (including phenoxy) is 1. The Bertz CT molecular complexity index is 1170. The van der Waals surface area contributed by atoms with Crippen molar-refractivity contribution in [3.63, 3.8) is 0 Å². The van der Waals surface area contributed by atoms with Crippen molar-refractivity contribution >= 4 is 10.9 Å². The van der Waals surface area contributed by atoms with Gasteiger partial charge in [0, 0.05) is 5.56 Å². The topological polar surface area (TPSA) is 70.2 Å². The number of hydrogen-bond donors (Lipinski definition) is 0. The molecule has 0 saturated carbocycles. The number of fused-ring (bicyclic) bond motifs is 1. The summed E-state index contributed by atoms with van der Waals surface area (Å²) in [6.07, 6.45) is 0. The third kappa shape index (κ3) is 3.10. The second kappa shape index (κ2) is 6.72. The highest BCUT2D eigenvalue weighted by atomic mass is 16.5. The zero-order chi connectivity index (χ0) is 19.0. The van der Waals surface area contributed by atoms with Gasteiger partial charge in [-0.3, -0.25) is 4.79 Å². The minimum atomic E-state index is -0.269. The lowest BCUT2D eigenvalue weighted by molar-refractivity contribution is 0.405. The molecule has 0 fully saturated rings. The van der Waals surface area contributed by atoms with E-state index >= 15 is 0 Å². The van der Waals surface area contributed by atoms with Gasteiger partial charge >= 0.3 is 0 Å². The SMILES string of the molecule is COc1cccc(-c2nn(Cc3ccc(C)cc3)c(=O)c3noc(C)c23)c1. The van der Waals surface area contributed by atoms with E-state index < -0.39 is 0 Å². The van der Waals surface area contributed by atoms with Crippen LogP contribution in [0.25, 0.3) is 22.2 Å². The minimum absolute atomic E-state index is 0.269. The molecule has 0 amide bonds. The van der Waals surface area contributed by atoms with Crippen LogP contribution in [0.1, 0.15) is 16.9 Å². The summed E-state index contributed by atoms with van der Waals surface area (Å²) in [5.74, 6) is 1.28. The lowest BCUT2D eigenvalue weighted by Crippen LogP contribution is -2.24. The van der Waals surface area contributed by atoms with E-state index in [-0.39, 0.29) is 11.1 Å². The van der Waals surface area contributed by atoms with Crippen LogP contribution in [0.3, 0.4) is 0 Å². The van der Waals surface area contributed by atoms with E-state index in [2.05, 4.69) is 10.3 Å². The van der Waals surface area contributed by atoms with E-state index in [1.165, 1.54) is 10.2 Å². The highest BCUT2D eigenvalue weighted by molar-refractivity contribution is 5.93. The van der Waals surface area contributed by atoms with Crippen molar-refractivity contribution in [3.8, 4) is 17.0 Å². The molecule has 6 nitrogen and oxygen atoms in total. The van der Waals surface area contributed by atoms with Crippen molar-refractivity contribution in [2.75, 3.05) is 7.11 Å². The summed E-state index contributed by atoms with van der Waals surface area (Å²) >= 11 is 0. The van der Waals surface area contributed by atoms with Crippen molar-refractivity contribution in [1.29, 1.82) is 0 Å². The van der Waals surface area contributed by atoms with Crippen molar-refractivity contribution in [1.82, 2.24) is 14.9 Å². The Hall–Kier alpha value is -3.41. The van der Waals surface area contributed by atoms with E-state index in [0.717, 1.165) is 11.1 Å². The monoisotopic (exact) mass is 361 g/mol. The zero-order valence-electron chi connectivity index (χ0n) is 15.4. The molecule has 2 aromatic heterocycles. The second-order valence-corrected chi connectivity index (χ2v) is 6.49. The lowest BCUT2D eigenvalue weighted by Gasteiger charge is -2.10. The Labute approximate surface area is 156 Å². The maximum absolute atomic E-state index is 12.9. The standard InChI is InChI=1S/C21H19N3O3/c1-13-7-9-15(10-8-13)12-24-21(25)20-18(14(2)27-23-20)19(22-24)16-5-4-6-17(11-16)26-3/h4-11H,12H2,1-3H3. The fourth-order valence-electron chi connectivity index (χ4n) is 3.08. The minimum Gasteiger partial charge on any atom is -0.497 e.